The summed E-state index contributed by atoms with van der Waals surface area (Å²) >= 11 is 0. The highest BCUT2D eigenvalue weighted by atomic mass is 32.2. The van der Waals surface area contributed by atoms with Crippen molar-refractivity contribution in [2.24, 2.45) is 11.8 Å². The zero-order chi connectivity index (χ0) is 15.3. The molecule has 0 bridgehead atoms. The van der Waals surface area contributed by atoms with Crippen molar-refractivity contribution in [2.75, 3.05) is 31.1 Å². The van der Waals surface area contributed by atoms with E-state index in [1.807, 2.05) is 30.3 Å². The Balaban J connectivity index is 1.44. The zero-order valence-corrected chi connectivity index (χ0v) is 13.0. The molecule has 5 nitrogen and oxygen atoms in total. The number of fused-ring (bicyclic) bond motifs is 2. The molecule has 4 rings (SSSR count). The van der Waals surface area contributed by atoms with E-state index in [1.165, 1.54) is 0 Å². The third-order valence-electron chi connectivity index (χ3n) is 4.79. The van der Waals surface area contributed by atoms with Gasteiger partial charge in [0.15, 0.2) is 9.84 Å². The van der Waals surface area contributed by atoms with Crippen LogP contribution in [0.2, 0.25) is 0 Å². The first kappa shape index (κ1) is 14.2. The maximum absolute atomic E-state index is 11.6. The maximum Gasteiger partial charge on any atom is 0.150 e. The molecule has 0 saturated carbocycles. The largest absolute Gasteiger partial charge is 0.458 e. The van der Waals surface area contributed by atoms with Crippen LogP contribution >= 0.6 is 0 Å². The summed E-state index contributed by atoms with van der Waals surface area (Å²) in [5, 5.41) is 11.4. The van der Waals surface area contributed by atoms with Crippen LogP contribution in [0.3, 0.4) is 0 Å². The van der Waals surface area contributed by atoms with E-state index in [9.17, 15) is 13.5 Å². The lowest BCUT2D eigenvalue weighted by molar-refractivity contribution is 0.105. The second kappa shape index (κ2) is 5.08. The Labute approximate surface area is 129 Å². The molecule has 3 heterocycles. The quantitative estimate of drug-likeness (QED) is 0.926. The Morgan fingerprint density at radius 3 is 2.59 bits per heavy atom. The topological polar surface area (TPSA) is 70.8 Å². The van der Waals surface area contributed by atoms with E-state index < -0.39 is 15.9 Å². The molecule has 2 fully saturated rings. The van der Waals surface area contributed by atoms with Crippen LogP contribution in [-0.4, -0.2) is 49.6 Å². The number of likely N-dealkylation sites (tertiary alicyclic amines) is 1. The van der Waals surface area contributed by atoms with Gasteiger partial charge in [-0.05, 0) is 24.0 Å². The Hall–Kier alpha value is -1.37. The van der Waals surface area contributed by atoms with Gasteiger partial charge in [0, 0.05) is 25.0 Å². The molecule has 0 unspecified atom stereocenters. The number of nitrogens with zero attached hydrogens (tertiary/aromatic N) is 1. The molecule has 0 amide bonds. The summed E-state index contributed by atoms with van der Waals surface area (Å²) in [6.45, 7) is 2.00. The predicted octanol–water partition coefficient (Wildman–Crippen LogP) is 1.44. The van der Waals surface area contributed by atoms with Crippen molar-refractivity contribution in [3.63, 3.8) is 0 Å². The summed E-state index contributed by atoms with van der Waals surface area (Å²) in [4.78, 5) is 2.15. The molecule has 118 valence electrons. The average molecular weight is 321 g/mol. The van der Waals surface area contributed by atoms with Gasteiger partial charge in [-0.2, -0.15) is 0 Å². The smallest absolute Gasteiger partial charge is 0.150 e. The molecule has 0 spiro atoms. The van der Waals surface area contributed by atoms with Crippen LogP contribution in [0.1, 0.15) is 11.9 Å². The Morgan fingerprint density at radius 1 is 1.23 bits per heavy atom. The maximum atomic E-state index is 11.6. The molecule has 0 aliphatic carbocycles. The zero-order valence-electron chi connectivity index (χ0n) is 12.2. The van der Waals surface area contributed by atoms with Gasteiger partial charge < -0.3 is 9.52 Å². The fourth-order valence-electron chi connectivity index (χ4n) is 3.78. The molecule has 2 aliphatic rings. The number of hydrogen-bond donors (Lipinski definition) is 1. The van der Waals surface area contributed by atoms with Gasteiger partial charge in [0.05, 0.1) is 11.5 Å². The van der Waals surface area contributed by atoms with Crippen LogP contribution in [0.5, 0.6) is 0 Å². The van der Waals surface area contributed by atoms with Crippen LogP contribution in [0.25, 0.3) is 11.0 Å². The second-order valence-corrected chi connectivity index (χ2v) is 8.67. The third-order valence-corrected chi connectivity index (χ3v) is 6.66. The number of β-amino-alcohol motifs (C(OH)–C–C–N with tert-alkyl or cyclic N) is 1. The SMILES string of the molecule is O=S1(=O)C[C@H]2CN(C[C@@H](O)c3cc4ccccc4o3)C[C@H]2C1. The van der Waals surface area contributed by atoms with Crippen molar-refractivity contribution in [1.29, 1.82) is 0 Å². The van der Waals surface area contributed by atoms with Crippen LogP contribution < -0.4 is 0 Å². The van der Waals surface area contributed by atoms with Crippen molar-refractivity contribution in [2.45, 2.75) is 6.10 Å². The molecule has 1 aromatic heterocycles. The van der Waals surface area contributed by atoms with E-state index in [0.29, 0.717) is 23.8 Å². The van der Waals surface area contributed by atoms with Crippen LogP contribution in [0.4, 0.5) is 0 Å². The van der Waals surface area contributed by atoms with Crippen LogP contribution in [-0.2, 0) is 9.84 Å². The molecule has 2 saturated heterocycles. The predicted molar refractivity (Wildman–Crippen MR) is 83.2 cm³/mol. The highest BCUT2D eigenvalue weighted by Crippen LogP contribution is 2.34. The van der Waals surface area contributed by atoms with E-state index in [1.54, 1.807) is 0 Å². The Morgan fingerprint density at radius 2 is 1.91 bits per heavy atom. The van der Waals surface area contributed by atoms with Crippen molar-refractivity contribution >= 4 is 20.8 Å². The molecule has 2 aromatic rings. The molecule has 2 aliphatic heterocycles. The first-order valence-electron chi connectivity index (χ1n) is 7.59. The molecule has 22 heavy (non-hydrogen) atoms. The number of sulfone groups is 1. The van der Waals surface area contributed by atoms with E-state index >= 15 is 0 Å². The number of rotatable bonds is 3. The molecular formula is C16H19NO4S. The second-order valence-electron chi connectivity index (χ2n) is 6.52. The lowest BCUT2D eigenvalue weighted by atomic mass is 10.0. The number of aliphatic hydroxyl groups is 1. The fraction of sp³-hybridized carbons (Fsp3) is 0.500. The monoisotopic (exact) mass is 321 g/mol. The standard InChI is InChI=1S/C16H19NO4S/c18-14(16-5-11-3-1-2-4-15(11)21-16)8-17-6-12-9-22(19,20)10-13(12)7-17/h1-5,12-14,18H,6-10H2/t12-,13+,14-/m1/s1. The molecular weight excluding hydrogens is 302 g/mol. The highest BCUT2D eigenvalue weighted by molar-refractivity contribution is 7.91. The Kier molecular flexibility index (Phi) is 3.29. The summed E-state index contributed by atoms with van der Waals surface area (Å²) in [5.74, 6) is 1.63. The Bertz CT molecular complexity index is 744. The lowest BCUT2D eigenvalue weighted by Gasteiger charge is -2.19. The minimum Gasteiger partial charge on any atom is -0.458 e. The molecule has 1 N–H and O–H groups in total. The van der Waals surface area contributed by atoms with E-state index in [2.05, 4.69) is 4.90 Å². The molecule has 1 aromatic carbocycles. The number of para-hydroxylation sites is 1. The van der Waals surface area contributed by atoms with E-state index in [4.69, 9.17) is 4.42 Å². The molecule has 6 heteroatoms. The first-order valence-corrected chi connectivity index (χ1v) is 9.42. The van der Waals surface area contributed by atoms with Gasteiger partial charge in [0.2, 0.25) is 0 Å². The summed E-state index contributed by atoms with van der Waals surface area (Å²) in [5.41, 5.74) is 0.779. The van der Waals surface area contributed by atoms with Crippen molar-refractivity contribution in [3.05, 3.63) is 36.1 Å². The average Bonchev–Trinajstić information content (AvgIpc) is 3.08. The summed E-state index contributed by atoms with van der Waals surface area (Å²) in [6.07, 6.45) is -0.678. The van der Waals surface area contributed by atoms with Crippen molar-refractivity contribution in [1.82, 2.24) is 4.90 Å². The first-order chi connectivity index (χ1) is 10.5. The normalized spacial score (nSPS) is 29.0. The van der Waals surface area contributed by atoms with E-state index in [-0.39, 0.29) is 11.8 Å². The fourth-order valence-corrected chi connectivity index (χ4v) is 5.98. The van der Waals surface area contributed by atoms with Crippen LogP contribution in [0.15, 0.2) is 34.7 Å². The van der Waals surface area contributed by atoms with Gasteiger partial charge >= 0.3 is 0 Å². The minimum absolute atomic E-state index is 0.230. The van der Waals surface area contributed by atoms with Crippen LogP contribution in [0, 0.1) is 11.8 Å². The molecule has 0 radical (unpaired) electrons. The van der Waals surface area contributed by atoms with Gasteiger partial charge in [0.25, 0.3) is 0 Å². The number of hydrogen-bond acceptors (Lipinski definition) is 5. The minimum atomic E-state index is -2.83. The number of benzene rings is 1. The summed E-state index contributed by atoms with van der Waals surface area (Å²) < 4.78 is 28.9. The van der Waals surface area contributed by atoms with Crippen molar-refractivity contribution < 1.29 is 17.9 Å². The highest BCUT2D eigenvalue weighted by Gasteiger charge is 2.43. The lowest BCUT2D eigenvalue weighted by Crippen LogP contribution is -2.28. The summed E-state index contributed by atoms with van der Waals surface area (Å²) in [7, 11) is -2.83. The van der Waals surface area contributed by atoms with Gasteiger partial charge in [0.1, 0.15) is 17.4 Å². The van der Waals surface area contributed by atoms with Gasteiger partial charge in [-0.25, -0.2) is 8.42 Å². The van der Waals surface area contributed by atoms with Gasteiger partial charge in [-0.1, -0.05) is 18.2 Å². The van der Waals surface area contributed by atoms with E-state index in [0.717, 1.165) is 24.1 Å². The van der Waals surface area contributed by atoms with Gasteiger partial charge in [-0.3, -0.25) is 4.90 Å². The number of furan rings is 1. The number of aliphatic hydroxyl groups excluding tert-OH is 1. The molecule has 3 atom stereocenters. The third kappa shape index (κ3) is 2.55. The van der Waals surface area contributed by atoms with Crippen molar-refractivity contribution in [3.8, 4) is 0 Å². The van der Waals surface area contributed by atoms with Gasteiger partial charge in [-0.15, -0.1) is 0 Å². The summed E-state index contributed by atoms with van der Waals surface area (Å²) in [6, 6.07) is 9.57.